The van der Waals surface area contributed by atoms with E-state index >= 15 is 0 Å². The van der Waals surface area contributed by atoms with E-state index in [0.717, 1.165) is 23.5 Å². The van der Waals surface area contributed by atoms with Crippen molar-refractivity contribution in [1.29, 1.82) is 0 Å². The number of esters is 1. The summed E-state index contributed by atoms with van der Waals surface area (Å²) in [6.07, 6.45) is 1.22. The van der Waals surface area contributed by atoms with Crippen LogP contribution in [0.3, 0.4) is 0 Å². The molecule has 0 N–H and O–H groups in total. The molecule has 0 fully saturated rings. The Bertz CT molecular complexity index is 176. The van der Waals surface area contributed by atoms with Gasteiger partial charge in [-0.25, -0.2) is 0 Å². The molecule has 14 heavy (non-hydrogen) atoms. The Morgan fingerprint density at radius 3 is 2.29 bits per heavy atom. The Morgan fingerprint density at radius 1 is 1.29 bits per heavy atom. The molecule has 0 unspecified atom stereocenters. The van der Waals surface area contributed by atoms with E-state index in [9.17, 15) is 4.79 Å². The second kappa shape index (κ2) is 6.02. The maximum Gasteiger partial charge on any atom is 0.302 e. The predicted octanol–water partition coefficient (Wildman–Crippen LogP) is 1.67. The minimum atomic E-state index is -0.186. The molecular formula is C11H24NO2+. The van der Waals surface area contributed by atoms with Gasteiger partial charge in [0.15, 0.2) is 0 Å². The molecule has 0 saturated heterocycles. The van der Waals surface area contributed by atoms with Crippen molar-refractivity contribution in [3.63, 3.8) is 0 Å². The molecule has 0 aliphatic heterocycles. The van der Waals surface area contributed by atoms with Crippen LogP contribution in [-0.2, 0) is 9.53 Å². The van der Waals surface area contributed by atoms with Gasteiger partial charge in [-0.05, 0) is 12.3 Å². The van der Waals surface area contributed by atoms with Gasteiger partial charge >= 0.3 is 5.97 Å². The normalized spacial score (nSPS) is 11.9. The highest BCUT2D eigenvalue weighted by molar-refractivity contribution is 5.65. The average molecular weight is 202 g/mol. The summed E-state index contributed by atoms with van der Waals surface area (Å²) < 4.78 is 5.85. The fourth-order valence-electron chi connectivity index (χ4n) is 1.16. The summed E-state index contributed by atoms with van der Waals surface area (Å²) >= 11 is 0. The van der Waals surface area contributed by atoms with Crippen LogP contribution in [-0.4, -0.2) is 44.2 Å². The van der Waals surface area contributed by atoms with Crippen molar-refractivity contribution in [2.75, 3.05) is 33.8 Å². The lowest BCUT2D eigenvalue weighted by Crippen LogP contribution is -2.43. The molecule has 0 aromatic rings. The SMILES string of the molecule is CC(=O)OCC[N+](C)(C)CCC(C)C. The number of hydrogen-bond donors (Lipinski definition) is 0. The van der Waals surface area contributed by atoms with Gasteiger partial charge in [-0.2, -0.15) is 0 Å². The van der Waals surface area contributed by atoms with Crippen molar-refractivity contribution < 1.29 is 14.0 Å². The number of ether oxygens (including phenoxy) is 1. The van der Waals surface area contributed by atoms with Crippen LogP contribution in [0.4, 0.5) is 0 Å². The van der Waals surface area contributed by atoms with Gasteiger partial charge in [-0.3, -0.25) is 4.79 Å². The van der Waals surface area contributed by atoms with E-state index in [1.54, 1.807) is 0 Å². The lowest BCUT2D eigenvalue weighted by molar-refractivity contribution is -0.891. The van der Waals surface area contributed by atoms with Crippen LogP contribution in [0.1, 0.15) is 27.2 Å². The van der Waals surface area contributed by atoms with Gasteiger partial charge in [-0.15, -0.1) is 0 Å². The molecular weight excluding hydrogens is 178 g/mol. The zero-order valence-electron chi connectivity index (χ0n) is 10.2. The number of carbonyl (C=O) groups is 1. The Hall–Kier alpha value is -0.570. The average Bonchev–Trinajstić information content (AvgIpc) is 2.00. The molecule has 0 spiro atoms. The van der Waals surface area contributed by atoms with Gasteiger partial charge < -0.3 is 9.22 Å². The number of nitrogens with zero attached hydrogens (tertiary/aromatic N) is 1. The van der Waals surface area contributed by atoms with Crippen molar-refractivity contribution in [2.45, 2.75) is 27.2 Å². The number of carbonyl (C=O) groups excluding carboxylic acids is 1. The van der Waals surface area contributed by atoms with E-state index in [-0.39, 0.29) is 5.97 Å². The third kappa shape index (κ3) is 8.05. The molecule has 0 aliphatic carbocycles. The van der Waals surface area contributed by atoms with Gasteiger partial charge in [0.1, 0.15) is 13.2 Å². The molecule has 0 rings (SSSR count). The molecule has 0 amide bonds. The van der Waals surface area contributed by atoms with Crippen LogP contribution >= 0.6 is 0 Å². The Labute approximate surface area is 87.6 Å². The van der Waals surface area contributed by atoms with Gasteiger partial charge in [0.05, 0.1) is 20.6 Å². The summed E-state index contributed by atoms with van der Waals surface area (Å²) in [6.45, 7) is 8.47. The van der Waals surface area contributed by atoms with Crippen LogP contribution in [0.5, 0.6) is 0 Å². The van der Waals surface area contributed by atoms with Crippen molar-refractivity contribution in [1.82, 2.24) is 0 Å². The van der Waals surface area contributed by atoms with Crippen LogP contribution in [0.15, 0.2) is 0 Å². The van der Waals surface area contributed by atoms with E-state index in [1.807, 2.05) is 0 Å². The fraction of sp³-hybridized carbons (Fsp3) is 0.909. The van der Waals surface area contributed by atoms with Crippen LogP contribution in [0.2, 0.25) is 0 Å². The summed E-state index contributed by atoms with van der Waals surface area (Å²) in [5.41, 5.74) is 0. The molecule has 0 aliphatic rings. The molecule has 3 heteroatoms. The van der Waals surface area contributed by atoms with Gasteiger partial charge in [0.25, 0.3) is 0 Å². The minimum absolute atomic E-state index is 0.186. The lowest BCUT2D eigenvalue weighted by Gasteiger charge is -2.30. The molecule has 0 atom stereocenters. The summed E-state index contributed by atoms with van der Waals surface area (Å²) in [4.78, 5) is 10.6. The van der Waals surface area contributed by atoms with Crippen molar-refractivity contribution >= 4 is 5.97 Å². The summed E-state index contributed by atoms with van der Waals surface area (Å²) in [6, 6.07) is 0. The number of quaternary nitrogens is 1. The molecule has 0 heterocycles. The number of hydrogen-bond acceptors (Lipinski definition) is 2. The standard InChI is InChI=1S/C11H24NO2/c1-10(2)6-7-12(4,5)8-9-14-11(3)13/h10H,6-9H2,1-5H3/q+1. The predicted molar refractivity (Wildman–Crippen MR) is 57.9 cm³/mol. The number of rotatable bonds is 6. The minimum Gasteiger partial charge on any atom is -0.460 e. The van der Waals surface area contributed by atoms with Gasteiger partial charge in [0, 0.05) is 6.92 Å². The zero-order chi connectivity index (χ0) is 11.2. The van der Waals surface area contributed by atoms with Crippen molar-refractivity contribution in [3.05, 3.63) is 0 Å². The monoisotopic (exact) mass is 202 g/mol. The topological polar surface area (TPSA) is 26.3 Å². The second-order valence-corrected chi connectivity index (χ2v) is 4.91. The van der Waals surface area contributed by atoms with Crippen molar-refractivity contribution in [2.24, 2.45) is 5.92 Å². The third-order valence-electron chi connectivity index (χ3n) is 2.31. The summed E-state index contributed by atoms with van der Waals surface area (Å²) in [7, 11) is 4.34. The van der Waals surface area contributed by atoms with E-state index in [1.165, 1.54) is 13.3 Å². The quantitative estimate of drug-likeness (QED) is 0.484. The van der Waals surface area contributed by atoms with Gasteiger partial charge in [-0.1, -0.05) is 13.8 Å². The molecule has 3 nitrogen and oxygen atoms in total. The Kier molecular flexibility index (Phi) is 5.77. The van der Waals surface area contributed by atoms with E-state index in [4.69, 9.17) is 4.74 Å². The fourth-order valence-corrected chi connectivity index (χ4v) is 1.16. The summed E-state index contributed by atoms with van der Waals surface area (Å²) in [5.74, 6) is 0.551. The zero-order valence-corrected chi connectivity index (χ0v) is 10.2. The first-order valence-electron chi connectivity index (χ1n) is 5.29. The first-order valence-corrected chi connectivity index (χ1v) is 5.29. The molecule has 0 radical (unpaired) electrons. The maximum absolute atomic E-state index is 10.6. The first kappa shape index (κ1) is 13.4. The van der Waals surface area contributed by atoms with Crippen LogP contribution in [0, 0.1) is 5.92 Å². The van der Waals surface area contributed by atoms with E-state index in [2.05, 4.69) is 27.9 Å². The third-order valence-corrected chi connectivity index (χ3v) is 2.31. The highest BCUT2D eigenvalue weighted by Gasteiger charge is 2.15. The van der Waals surface area contributed by atoms with Crippen LogP contribution < -0.4 is 0 Å². The van der Waals surface area contributed by atoms with E-state index < -0.39 is 0 Å². The van der Waals surface area contributed by atoms with Crippen molar-refractivity contribution in [3.8, 4) is 0 Å². The largest absolute Gasteiger partial charge is 0.460 e. The summed E-state index contributed by atoms with van der Waals surface area (Å²) in [5, 5.41) is 0. The Morgan fingerprint density at radius 2 is 1.86 bits per heavy atom. The molecule has 0 bridgehead atoms. The Balaban J connectivity index is 3.66. The smallest absolute Gasteiger partial charge is 0.302 e. The molecule has 0 aromatic heterocycles. The maximum atomic E-state index is 10.6. The van der Waals surface area contributed by atoms with E-state index in [0.29, 0.717) is 6.61 Å². The van der Waals surface area contributed by atoms with Gasteiger partial charge in [0.2, 0.25) is 0 Å². The molecule has 0 aromatic carbocycles. The lowest BCUT2D eigenvalue weighted by atomic mass is 10.1. The second-order valence-electron chi connectivity index (χ2n) is 4.91. The highest BCUT2D eigenvalue weighted by atomic mass is 16.5. The van der Waals surface area contributed by atoms with Crippen LogP contribution in [0.25, 0.3) is 0 Å². The molecule has 84 valence electrons. The highest BCUT2D eigenvalue weighted by Crippen LogP contribution is 2.05. The number of likely N-dealkylation sites (N-methyl/N-ethyl adjacent to an activating group) is 1. The first-order chi connectivity index (χ1) is 6.33. The molecule has 0 saturated carbocycles.